The molecular weight excluding hydrogens is 352 g/mol. The van der Waals surface area contributed by atoms with Gasteiger partial charge in [-0.05, 0) is 50.8 Å². The molecule has 0 aliphatic heterocycles. The molecule has 1 N–H and O–H groups in total. The van der Waals surface area contributed by atoms with Crippen molar-refractivity contribution in [3.8, 4) is 11.5 Å². The number of Topliss-reactive ketones (excluding diaryl/α,β-unsaturated/α-hetero) is 1. The van der Waals surface area contributed by atoms with Crippen LogP contribution in [0.5, 0.6) is 11.5 Å². The number of carbonyl (C=O) groups excluding carboxylic acids is 2. The van der Waals surface area contributed by atoms with Gasteiger partial charge in [0, 0.05) is 10.4 Å². The van der Waals surface area contributed by atoms with Gasteiger partial charge in [0.2, 0.25) is 0 Å². The Morgan fingerprint density at radius 1 is 1.19 bits per heavy atom. The van der Waals surface area contributed by atoms with Crippen molar-refractivity contribution in [1.82, 2.24) is 4.98 Å². The first kappa shape index (κ1) is 18.4. The summed E-state index contributed by atoms with van der Waals surface area (Å²) in [5, 5.41) is 3.43. The average molecular weight is 374 g/mol. The number of nitrogens with zero attached hydrogens (tertiary/aromatic N) is 1. The monoisotopic (exact) mass is 374 g/mol. The normalized spacial score (nSPS) is 13.5. The fraction of sp³-hybridized carbons (Fsp3) is 0.421. The van der Waals surface area contributed by atoms with Crippen molar-refractivity contribution < 1.29 is 19.1 Å². The van der Waals surface area contributed by atoms with Gasteiger partial charge in [-0.2, -0.15) is 0 Å². The van der Waals surface area contributed by atoms with Gasteiger partial charge >= 0.3 is 0 Å². The number of ether oxygens (including phenoxy) is 2. The fourth-order valence-electron chi connectivity index (χ4n) is 2.89. The summed E-state index contributed by atoms with van der Waals surface area (Å²) in [6.45, 7) is 1.33. The second-order valence-electron chi connectivity index (χ2n) is 6.21. The van der Waals surface area contributed by atoms with Gasteiger partial charge < -0.3 is 9.47 Å². The molecule has 0 atom stereocenters. The molecule has 0 saturated carbocycles. The summed E-state index contributed by atoms with van der Waals surface area (Å²) in [5.41, 5.74) is 1.65. The molecule has 0 radical (unpaired) electrons. The van der Waals surface area contributed by atoms with Crippen LogP contribution in [0.25, 0.3) is 0 Å². The highest BCUT2D eigenvalue weighted by molar-refractivity contribution is 7.15. The first-order chi connectivity index (χ1) is 12.6. The van der Waals surface area contributed by atoms with Gasteiger partial charge in [-0.25, -0.2) is 4.98 Å². The molecule has 6 nitrogen and oxygen atoms in total. The van der Waals surface area contributed by atoms with Gasteiger partial charge in [-0.1, -0.05) is 6.42 Å². The number of fused-ring (bicyclic) bond motifs is 1. The Kier molecular flexibility index (Phi) is 5.88. The molecule has 0 saturated heterocycles. The van der Waals surface area contributed by atoms with E-state index in [1.54, 1.807) is 29.5 Å². The molecular formula is C19H22N2O4S. The molecule has 1 aliphatic carbocycles. The second-order valence-corrected chi connectivity index (χ2v) is 7.29. The summed E-state index contributed by atoms with van der Waals surface area (Å²) in [4.78, 5) is 29.4. The molecule has 1 aromatic heterocycles. The van der Waals surface area contributed by atoms with Gasteiger partial charge in [0.05, 0.1) is 12.8 Å². The number of hydrogen-bond acceptors (Lipinski definition) is 6. The van der Waals surface area contributed by atoms with E-state index in [-0.39, 0.29) is 18.3 Å². The van der Waals surface area contributed by atoms with Gasteiger partial charge in [-0.15, -0.1) is 11.3 Å². The summed E-state index contributed by atoms with van der Waals surface area (Å²) in [7, 11) is 1.49. The van der Waals surface area contributed by atoms with Crippen molar-refractivity contribution >= 4 is 28.2 Å². The zero-order valence-electron chi connectivity index (χ0n) is 15.0. The lowest BCUT2D eigenvalue weighted by Crippen LogP contribution is -2.20. The zero-order chi connectivity index (χ0) is 18.5. The van der Waals surface area contributed by atoms with E-state index in [9.17, 15) is 9.59 Å². The number of anilines is 1. The van der Waals surface area contributed by atoms with Crippen LogP contribution in [0.4, 0.5) is 5.13 Å². The van der Waals surface area contributed by atoms with Crippen molar-refractivity contribution in [2.45, 2.75) is 39.0 Å². The minimum absolute atomic E-state index is 0.0591. The number of thiazole rings is 1. The minimum atomic E-state index is -0.272. The molecule has 0 fully saturated rings. The van der Waals surface area contributed by atoms with Crippen molar-refractivity contribution in [3.63, 3.8) is 0 Å². The Morgan fingerprint density at radius 3 is 2.77 bits per heavy atom. The Balaban J connectivity index is 1.60. The molecule has 2 aromatic rings. The summed E-state index contributed by atoms with van der Waals surface area (Å²) >= 11 is 1.55. The summed E-state index contributed by atoms with van der Waals surface area (Å²) in [6.07, 6.45) is 5.60. The van der Waals surface area contributed by atoms with Gasteiger partial charge in [0.1, 0.15) is 0 Å². The Bertz CT molecular complexity index is 792. The molecule has 1 aliphatic rings. The number of hydrogen-bond donors (Lipinski definition) is 1. The summed E-state index contributed by atoms with van der Waals surface area (Å²) in [5.74, 6) is 0.511. The third-order valence-electron chi connectivity index (χ3n) is 4.27. The van der Waals surface area contributed by atoms with Crippen LogP contribution in [-0.2, 0) is 17.6 Å². The number of rotatable bonds is 6. The van der Waals surface area contributed by atoms with Gasteiger partial charge in [-0.3, -0.25) is 14.9 Å². The molecule has 1 heterocycles. The third kappa shape index (κ3) is 4.40. The van der Waals surface area contributed by atoms with E-state index in [1.807, 2.05) is 0 Å². The highest BCUT2D eigenvalue weighted by Gasteiger charge is 2.16. The number of carbonyl (C=O) groups is 2. The molecule has 26 heavy (non-hydrogen) atoms. The molecule has 138 valence electrons. The van der Waals surface area contributed by atoms with Crippen molar-refractivity contribution in [3.05, 3.63) is 34.3 Å². The van der Waals surface area contributed by atoms with Crippen LogP contribution in [-0.4, -0.2) is 30.4 Å². The lowest BCUT2D eigenvalue weighted by molar-refractivity contribution is -0.118. The number of aromatic nitrogens is 1. The van der Waals surface area contributed by atoms with E-state index in [4.69, 9.17) is 9.47 Å². The summed E-state index contributed by atoms with van der Waals surface area (Å²) < 4.78 is 10.8. The van der Waals surface area contributed by atoms with Crippen LogP contribution in [0.15, 0.2) is 18.2 Å². The van der Waals surface area contributed by atoms with Crippen LogP contribution in [0.1, 0.15) is 47.1 Å². The quantitative estimate of drug-likeness (QED) is 0.617. The van der Waals surface area contributed by atoms with Crippen LogP contribution >= 0.6 is 11.3 Å². The smallest absolute Gasteiger partial charge is 0.264 e. The predicted molar refractivity (Wildman–Crippen MR) is 100 cm³/mol. The van der Waals surface area contributed by atoms with Crippen molar-refractivity contribution in [2.75, 3.05) is 19.0 Å². The second kappa shape index (κ2) is 8.31. The number of benzene rings is 1. The maximum atomic E-state index is 12.2. The van der Waals surface area contributed by atoms with E-state index in [0.29, 0.717) is 22.2 Å². The minimum Gasteiger partial charge on any atom is -0.493 e. The molecule has 3 rings (SSSR count). The lowest BCUT2D eigenvalue weighted by atomic mass is 10.1. The number of amides is 1. The van der Waals surface area contributed by atoms with Crippen LogP contribution in [0.3, 0.4) is 0 Å². The average Bonchev–Trinajstić information content (AvgIpc) is 2.87. The van der Waals surface area contributed by atoms with Crippen LogP contribution in [0.2, 0.25) is 0 Å². The molecule has 7 heteroatoms. The third-order valence-corrected chi connectivity index (χ3v) is 5.34. The molecule has 0 unspecified atom stereocenters. The lowest BCUT2D eigenvalue weighted by Gasteiger charge is -2.11. The van der Waals surface area contributed by atoms with E-state index in [0.717, 1.165) is 25.0 Å². The summed E-state index contributed by atoms with van der Waals surface area (Å²) in [6, 6.07) is 4.89. The zero-order valence-corrected chi connectivity index (χ0v) is 15.8. The number of aryl methyl sites for hydroxylation is 2. The van der Waals surface area contributed by atoms with Crippen LogP contribution in [0, 0.1) is 0 Å². The van der Waals surface area contributed by atoms with Crippen LogP contribution < -0.4 is 14.8 Å². The first-order valence-corrected chi connectivity index (χ1v) is 9.48. The topological polar surface area (TPSA) is 77.5 Å². The Morgan fingerprint density at radius 2 is 2.00 bits per heavy atom. The van der Waals surface area contributed by atoms with E-state index >= 15 is 0 Å². The van der Waals surface area contributed by atoms with Gasteiger partial charge in [0.25, 0.3) is 5.91 Å². The standard InChI is InChI=1S/C19H22N2O4S/c1-12(22)13-8-9-15(16(10-13)24-2)25-11-18(23)21-19-20-14-6-4-3-5-7-17(14)26-19/h8-10H,3-7,11H2,1-2H3,(H,20,21,23). The van der Waals surface area contributed by atoms with Gasteiger partial charge in [0.15, 0.2) is 29.0 Å². The predicted octanol–water partition coefficient (Wildman–Crippen LogP) is 3.64. The van der Waals surface area contributed by atoms with E-state index in [2.05, 4.69) is 10.3 Å². The Hall–Kier alpha value is -2.41. The first-order valence-electron chi connectivity index (χ1n) is 8.67. The largest absolute Gasteiger partial charge is 0.493 e. The number of ketones is 1. The Labute approximate surface area is 156 Å². The highest BCUT2D eigenvalue weighted by Crippen LogP contribution is 2.30. The van der Waals surface area contributed by atoms with Crippen molar-refractivity contribution in [2.24, 2.45) is 0 Å². The van der Waals surface area contributed by atoms with E-state index in [1.165, 1.54) is 31.8 Å². The number of methoxy groups -OCH3 is 1. The fourth-order valence-corrected chi connectivity index (χ4v) is 3.95. The maximum Gasteiger partial charge on any atom is 0.264 e. The molecule has 1 aromatic carbocycles. The highest BCUT2D eigenvalue weighted by atomic mass is 32.1. The number of nitrogens with one attached hydrogen (secondary N) is 1. The molecule has 0 bridgehead atoms. The van der Waals surface area contributed by atoms with E-state index < -0.39 is 0 Å². The van der Waals surface area contributed by atoms with Crippen molar-refractivity contribution in [1.29, 1.82) is 0 Å². The maximum absolute atomic E-state index is 12.2. The molecule has 0 spiro atoms. The molecule has 1 amide bonds. The SMILES string of the molecule is COc1cc(C(C)=O)ccc1OCC(=O)Nc1nc2c(s1)CCCCC2.